The summed E-state index contributed by atoms with van der Waals surface area (Å²) in [6.07, 6.45) is 2.85. The average Bonchev–Trinajstić information content (AvgIpc) is 3.04. The van der Waals surface area contributed by atoms with Crippen molar-refractivity contribution in [2.75, 3.05) is 23.3 Å². The molecule has 4 heteroatoms. The highest BCUT2D eigenvalue weighted by molar-refractivity contribution is 5.92. The molecule has 1 aromatic carbocycles. The first-order chi connectivity index (χ1) is 10.7. The van der Waals surface area contributed by atoms with E-state index in [0.717, 1.165) is 35.9 Å². The van der Waals surface area contributed by atoms with E-state index < -0.39 is 0 Å². The van der Waals surface area contributed by atoms with Gasteiger partial charge in [-0.1, -0.05) is 30.3 Å². The lowest BCUT2D eigenvalue weighted by atomic mass is 10.1. The Morgan fingerprint density at radius 2 is 1.86 bits per heavy atom. The summed E-state index contributed by atoms with van der Waals surface area (Å²) in [6.45, 7) is 4.09. The third-order valence-corrected chi connectivity index (χ3v) is 3.98. The van der Waals surface area contributed by atoms with Crippen LogP contribution in [-0.2, 0) is 11.2 Å². The molecule has 3 rings (SSSR count). The van der Waals surface area contributed by atoms with Gasteiger partial charge in [-0.05, 0) is 37.5 Å². The molecule has 2 heterocycles. The van der Waals surface area contributed by atoms with Crippen LogP contribution in [0.4, 0.5) is 11.5 Å². The molecule has 0 bridgehead atoms. The zero-order valence-electron chi connectivity index (χ0n) is 12.9. The Hall–Kier alpha value is -2.36. The quantitative estimate of drug-likeness (QED) is 0.942. The first kappa shape index (κ1) is 14.6. The minimum atomic E-state index is -0.00924. The third-order valence-electron chi connectivity index (χ3n) is 3.98. The van der Waals surface area contributed by atoms with Crippen LogP contribution in [0.25, 0.3) is 0 Å². The lowest BCUT2D eigenvalue weighted by molar-refractivity contribution is -0.115. The van der Waals surface area contributed by atoms with Gasteiger partial charge in [0.15, 0.2) is 0 Å². The van der Waals surface area contributed by atoms with E-state index >= 15 is 0 Å². The highest BCUT2D eigenvalue weighted by atomic mass is 16.1. The van der Waals surface area contributed by atoms with Crippen molar-refractivity contribution in [2.24, 2.45) is 0 Å². The van der Waals surface area contributed by atoms with Gasteiger partial charge in [0.05, 0.1) is 17.8 Å². The number of nitrogens with one attached hydrogen (secondary N) is 1. The van der Waals surface area contributed by atoms with Crippen LogP contribution in [0.3, 0.4) is 0 Å². The van der Waals surface area contributed by atoms with Crippen LogP contribution >= 0.6 is 0 Å². The molecule has 1 saturated heterocycles. The molecule has 0 unspecified atom stereocenters. The Labute approximate surface area is 131 Å². The first-order valence-electron chi connectivity index (χ1n) is 7.79. The summed E-state index contributed by atoms with van der Waals surface area (Å²) in [5, 5.41) is 2.96. The molecular weight excluding hydrogens is 274 g/mol. The summed E-state index contributed by atoms with van der Waals surface area (Å²) in [4.78, 5) is 19.0. The number of hydrogen-bond donors (Lipinski definition) is 1. The monoisotopic (exact) mass is 295 g/mol. The van der Waals surface area contributed by atoms with E-state index in [0.29, 0.717) is 6.42 Å². The van der Waals surface area contributed by atoms with Crippen LogP contribution in [0, 0.1) is 6.92 Å². The van der Waals surface area contributed by atoms with Crippen LogP contribution in [0.5, 0.6) is 0 Å². The number of anilines is 2. The van der Waals surface area contributed by atoms with Gasteiger partial charge in [-0.25, -0.2) is 4.98 Å². The number of nitrogens with zero attached hydrogens (tertiary/aromatic N) is 2. The maximum Gasteiger partial charge on any atom is 0.228 e. The number of amides is 1. The Balaban J connectivity index is 1.66. The largest absolute Gasteiger partial charge is 0.357 e. The second-order valence-corrected chi connectivity index (χ2v) is 5.71. The Morgan fingerprint density at radius 3 is 2.55 bits per heavy atom. The number of aromatic nitrogens is 1. The number of carbonyl (C=O) groups is 1. The van der Waals surface area contributed by atoms with E-state index in [9.17, 15) is 4.79 Å². The van der Waals surface area contributed by atoms with Crippen molar-refractivity contribution < 1.29 is 4.79 Å². The van der Waals surface area contributed by atoms with Gasteiger partial charge in [-0.15, -0.1) is 0 Å². The van der Waals surface area contributed by atoms with Crippen molar-refractivity contribution in [3.8, 4) is 0 Å². The lowest BCUT2D eigenvalue weighted by Gasteiger charge is -2.18. The number of rotatable bonds is 4. The zero-order chi connectivity index (χ0) is 15.4. The van der Waals surface area contributed by atoms with Crippen LogP contribution in [0.15, 0.2) is 42.5 Å². The highest BCUT2D eigenvalue weighted by Crippen LogP contribution is 2.22. The van der Waals surface area contributed by atoms with E-state index in [-0.39, 0.29) is 5.91 Å². The van der Waals surface area contributed by atoms with E-state index in [4.69, 9.17) is 0 Å². The van der Waals surface area contributed by atoms with Gasteiger partial charge >= 0.3 is 0 Å². The minimum Gasteiger partial charge on any atom is -0.357 e. The van der Waals surface area contributed by atoms with Crippen molar-refractivity contribution in [3.05, 3.63) is 53.7 Å². The summed E-state index contributed by atoms with van der Waals surface area (Å²) in [6, 6.07) is 13.7. The van der Waals surface area contributed by atoms with E-state index in [1.807, 2.05) is 49.4 Å². The zero-order valence-corrected chi connectivity index (χ0v) is 12.9. The molecule has 22 heavy (non-hydrogen) atoms. The molecule has 1 aromatic heterocycles. The van der Waals surface area contributed by atoms with Crippen LogP contribution in [-0.4, -0.2) is 24.0 Å². The van der Waals surface area contributed by atoms with Gasteiger partial charge in [-0.3, -0.25) is 4.79 Å². The summed E-state index contributed by atoms with van der Waals surface area (Å²) in [5.74, 6) is 1.00. The molecule has 4 nitrogen and oxygen atoms in total. The number of aryl methyl sites for hydroxylation is 1. The molecule has 0 atom stereocenters. The third kappa shape index (κ3) is 3.45. The Morgan fingerprint density at radius 1 is 1.14 bits per heavy atom. The number of carbonyl (C=O) groups excluding carboxylic acids is 1. The van der Waals surface area contributed by atoms with Gasteiger partial charge < -0.3 is 10.2 Å². The molecule has 1 aliphatic rings. The van der Waals surface area contributed by atoms with Crippen molar-refractivity contribution in [2.45, 2.75) is 26.2 Å². The molecule has 0 spiro atoms. The molecule has 1 amide bonds. The second kappa shape index (κ2) is 6.60. The van der Waals surface area contributed by atoms with Crippen molar-refractivity contribution in [1.82, 2.24) is 4.98 Å². The summed E-state index contributed by atoms with van der Waals surface area (Å²) in [5.41, 5.74) is 2.67. The maximum atomic E-state index is 12.1. The van der Waals surface area contributed by atoms with Gasteiger partial charge in [0.25, 0.3) is 0 Å². The maximum absolute atomic E-state index is 12.1. The van der Waals surface area contributed by atoms with Crippen LogP contribution < -0.4 is 10.2 Å². The van der Waals surface area contributed by atoms with E-state index in [2.05, 4.69) is 15.2 Å². The van der Waals surface area contributed by atoms with Crippen LogP contribution in [0.1, 0.15) is 24.1 Å². The number of hydrogen-bond acceptors (Lipinski definition) is 3. The molecule has 1 fully saturated rings. The molecular formula is C18H21N3O. The SMILES string of the molecule is Cc1nc(N2CCCC2)ccc1NC(=O)Cc1ccccc1. The predicted molar refractivity (Wildman–Crippen MR) is 89.2 cm³/mol. The average molecular weight is 295 g/mol. The lowest BCUT2D eigenvalue weighted by Crippen LogP contribution is -2.20. The van der Waals surface area contributed by atoms with E-state index in [1.54, 1.807) is 0 Å². The fraction of sp³-hybridized carbons (Fsp3) is 0.333. The van der Waals surface area contributed by atoms with Crippen molar-refractivity contribution in [1.29, 1.82) is 0 Å². The van der Waals surface area contributed by atoms with Gasteiger partial charge in [-0.2, -0.15) is 0 Å². The molecule has 2 aromatic rings. The summed E-state index contributed by atoms with van der Waals surface area (Å²) >= 11 is 0. The number of benzene rings is 1. The fourth-order valence-corrected chi connectivity index (χ4v) is 2.78. The predicted octanol–water partition coefficient (Wildman–Crippen LogP) is 3.17. The molecule has 0 saturated carbocycles. The van der Waals surface area contributed by atoms with Gasteiger partial charge in [0.2, 0.25) is 5.91 Å². The van der Waals surface area contributed by atoms with Gasteiger partial charge in [0, 0.05) is 13.1 Å². The second-order valence-electron chi connectivity index (χ2n) is 5.71. The van der Waals surface area contributed by atoms with Crippen LogP contribution in [0.2, 0.25) is 0 Å². The molecule has 1 N–H and O–H groups in total. The molecule has 1 aliphatic heterocycles. The summed E-state index contributed by atoms with van der Waals surface area (Å²) < 4.78 is 0. The van der Waals surface area contributed by atoms with E-state index in [1.165, 1.54) is 12.8 Å². The molecule has 0 radical (unpaired) electrons. The fourth-order valence-electron chi connectivity index (χ4n) is 2.78. The first-order valence-corrected chi connectivity index (χ1v) is 7.79. The Kier molecular flexibility index (Phi) is 4.37. The topological polar surface area (TPSA) is 45.2 Å². The minimum absolute atomic E-state index is 0.00924. The summed E-state index contributed by atoms with van der Waals surface area (Å²) in [7, 11) is 0. The molecule has 114 valence electrons. The standard InChI is InChI=1S/C18H21N3O/c1-14-16(9-10-17(19-14)21-11-5-6-12-21)20-18(22)13-15-7-3-2-4-8-15/h2-4,7-10H,5-6,11-13H2,1H3,(H,20,22). The van der Waals surface area contributed by atoms with Crippen molar-refractivity contribution >= 4 is 17.4 Å². The number of pyridine rings is 1. The smallest absolute Gasteiger partial charge is 0.228 e. The molecule has 0 aliphatic carbocycles. The Bertz CT molecular complexity index is 649. The normalized spacial score (nSPS) is 14.1. The highest BCUT2D eigenvalue weighted by Gasteiger charge is 2.15. The van der Waals surface area contributed by atoms with Crippen molar-refractivity contribution in [3.63, 3.8) is 0 Å². The van der Waals surface area contributed by atoms with Gasteiger partial charge in [0.1, 0.15) is 5.82 Å².